The van der Waals surface area contributed by atoms with Crippen molar-refractivity contribution in [2.75, 3.05) is 39.4 Å². The third-order valence-electron chi connectivity index (χ3n) is 5.64. The monoisotopic (exact) mass is 312 g/mol. The van der Waals surface area contributed by atoms with Gasteiger partial charge in [-0.15, -0.1) is 0 Å². The van der Waals surface area contributed by atoms with Crippen molar-refractivity contribution in [3.05, 3.63) is 0 Å². The second-order valence-corrected chi connectivity index (χ2v) is 6.84. The van der Waals surface area contributed by atoms with E-state index in [1.807, 2.05) is 0 Å². The summed E-state index contributed by atoms with van der Waals surface area (Å²) in [6.45, 7) is 2.06. The highest BCUT2D eigenvalue weighted by Crippen LogP contribution is 2.51. The summed E-state index contributed by atoms with van der Waals surface area (Å²) in [6, 6.07) is 0. The average molecular weight is 312 g/mol. The van der Waals surface area contributed by atoms with Crippen molar-refractivity contribution in [1.29, 1.82) is 0 Å². The maximum atomic E-state index is 12.0. The Balaban J connectivity index is 1.80. The van der Waals surface area contributed by atoms with E-state index < -0.39 is 17.1 Å². The Morgan fingerprint density at radius 2 is 1.95 bits per heavy atom. The van der Waals surface area contributed by atoms with Crippen molar-refractivity contribution >= 4 is 12.0 Å². The first-order chi connectivity index (χ1) is 10.5. The molecule has 1 saturated carbocycles. The second kappa shape index (κ2) is 5.70. The van der Waals surface area contributed by atoms with Gasteiger partial charge in [-0.1, -0.05) is 12.8 Å². The fourth-order valence-corrected chi connectivity index (χ4v) is 4.30. The quantitative estimate of drug-likeness (QED) is 0.776. The zero-order chi connectivity index (χ0) is 15.8. The van der Waals surface area contributed by atoms with Crippen LogP contribution in [0.3, 0.4) is 0 Å². The predicted molar refractivity (Wildman–Crippen MR) is 77.5 cm³/mol. The van der Waals surface area contributed by atoms with Crippen LogP contribution in [0.15, 0.2) is 0 Å². The Kier molecular flexibility index (Phi) is 4.03. The molecule has 2 saturated heterocycles. The van der Waals surface area contributed by atoms with Crippen molar-refractivity contribution in [1.82, 2.24) is 9.80 Å². The van der Waals surface area contributed by atoms with Crippen LogP contribution in [0.2, 0.25) is 0 Å². The summed E-state index contributed by atoms with van der Waals surface area (Å²) in [4.78, 5) is 26.4. The molecule has 7 nitrogen and oxygen atoms in total. The van der Waals surface area contributed by atoms with Crippen LogP contribution in [0.4, 0.5) is 4.79 Å². The number of ether oxygens (including phenoxy) is 1. The normalized spacial score (nSPS) is 31.8. The smallest absolute Gasteiger partial charge is 0.407 e. The van der Waals surface area contributed by atoms with E-state index in [-0.39, 0.29) is 12.5 Å². The lowest BCUT2D eigenvalue weighted by Crippen LogP contribution is -2.65. The Bertz CT molecular complexity index is 463. The number of carboxylic acid groups (broad SMARTS) is 1. The van der Waals surface area contributed by atoms with Gasteiger partial charge in [0.1, 0.15) is 6.61 Å². The molecule has 1 unspecified atom stereocenters. The number of piperidine rings is 1. The van der Waals surface area contributed by atoms with Crippen LogP contribution in [-0.4, -0.2) is 77.0 Å². The number of nitrogens with zero attached hydrogens (tertiary/aromatic N) is 2. The zero-order valence-electron chi connectivity index (χ0n) is 12.8. The van der Waals surface area contributed by atoms with E-state index in [2.05, 4.69) is 0 Å². The number of carbonyl (C=O) groups excluding carboxylic acids is 1. The lowest BCUT2D eigenvalue weighted by molar-refractivity contribution is -0.165. The number of morpholine rings is 1. The fraction of sp³-hybridized carbons (Fsp3) is 0.867. The van der Waals surface area contributed by atoms with Crippen LogP contribution in [0.1, 0.15) is 32.1 Å². The number of hydrogen-bond donors (Lipinski definition) is 2. The number of β-amino-alcohol motifs (C(OH)–C–C–N with tert-alkyl or cyclic N) is 1. The molecule has 22 heavy (non-hydrogen) atoms. The molecule has 2 aliphatic heterocycles. The van der Waals surface area contributed by atoms with E-state index >= 15 is 0 Å². The van der Waals surface area contributed by atoms with Gasteiger partial charge in [0.25, 0.3) is 0 Å². The highest BCUT2D eigenvalue weighted by Gasteiger charge is 2.56. The number of amides is 2. The molecule has 2 N–H and O–H groups in total. The van der Waals surface area contributed by atoms with E-state index in [1.54, 1.807) is 4.90 Å². The Hall–Kier alpha value is -1.34. The molecule has 0 aromatic heterocycles. The molecule has 2 amide bonds. The van der Waals surface area contributed by atoms with Gasteiger partial charge in [-0.05, 0) is 19.3 Å². The number of rotatable bonds is 2. The van der Waals surface area contributed by atoms with Crippen LogP contribution in [0, 0.1) is 5.41 Å². The molecule has 124 valence electrons. The van der Waals surface area contributed by atoms with Gasteiger partial charge in [-0.25, -0.2) is 4.79 Å². The third kappa shape index (κ3) is 2.56. The van der Waals surface area contributed by atoms with Gasteiger partial charge in [0, 0.05) is 25.0 Å². The van der Waals surface area contributed by atoms with E-state index in [1.165, 1.54) is 4.90 Å². The molecule has 0 aromatic carbocycles. The molecule has 0 aromatic rings. The summed E-state index contributed by atoms with van der Waals surface area (Å²) in [5, 5.41) is 20.6. The topological polar surface area (TPSA) is 90.3 Å². The van der Waals surface area contributed by atoms with Crippen molar-refractivity contribution < 1.29 is 24.5 Å². The van der Waals surface area contributed by atoms with E-state index in [9.17, 15) is 19.8 Å². The van der Waals surface area contributed by atoms with Gasteiger partial charge in [0.2, 0.25) is 5.91 Å². The minimum absolute atomic E-state index is 0.0737. The summed E-state index contributed by atoms with van der Waals surface area (Å²) in [6.07, 6.45) is 3.14. The molecular formula is C15H24N2O5. The number of aliphatic hydroxyl groups is 1. The Labute approximate surface area is 129 Å². The summed E-state index contributed by atoms with van der Waals surface area (Å²) < 4.78 is 5.14. The van der Waals surface area contributed by atoms with Crippen molar-refractivity contribution in [2.45, 2.75) is 37.7 Å². The highest BCUT2D eigenvalue weighted by atomic mass is 16.5. The first-order valence-electron chi connectivity index (χ1n) is 8.02. The van der Waals surface area contributed by atoms with Crippen LogP contribution >= 0.6 is 0 Å². The largest absolute Gasteiger partial charge is 0.465 e. The molecule has 1 atom stereocenters. The van der Waals surface area contributed by atoms with Gasteiger partial charge >= 0.3 is 6.09 Å². The highest BCUT2D eigenvalue weighted by molar-refractivity contribution is 5.78. The minimum atomic E-state index is -0.998. The lowest BCUT2D eigenvalue weighted by Gasteiger charge is -2.53. The molecule has 1 aliphatic carbocycles. The maximum absolute atomic E-state index is 12.0. The van der Waals surface area contributed by atoms with Crippen molar-refractivity contribution in [2.24, 2.45) is 5.41 Å². The molecule has 0 bridgehead atoms. The molecule has 3 aliphatic rings. The third-order valence-corrected chi connectivity index (χ3v) is 5.64. The molecule has 7 heteroatoms. The second-order valence-electron chi connectivity index (χ2n) is 6.84. The average Bonchev–Trinajstić information content (AvgIpc) is 2.95. The van der Waals surface area contributed by atoms with Gasteiger partial charge in [-0.2, -0.15) is 0 Å². The van der Waals surface area contributed by atoms with Crippen LogP contribution < -0.4 is 0 Å². The van der Waals surface area contributed by atoms with E-state index in [0.717, 1.165) is 25.7 Å². The molecular weight excluding hydrogens is 288 g/mol. The molecule has 2 heterocycles. The number of carbonyl (C=O) groups is 2. The standard InChI is InChI=1S/C15H24N2O5/c18-12-9-22-8-7-16(12)11-15(21)5-6-17(13(19)20)10-14(15)3-1-2-4-14/h21H,1-11H2,(H,19,20). The maximum Gasteiger partial charge on any atom is 0.407 e. The van der Waals surface area contributed by atoms with Gasteiger partial charge in [-0.3, -0.25) is 4.79 Å². The van der Waals surface area contributed by atoms with Gasteiger partial charge < -0.3 is 24.7 Å². The predicted octanol–water partition coefficient (Wildman–Crippen LogP) is 0.520. The Morgan fingerprint density at radius 3 is 2.59 bits per heavy atom. The van der Waals surface area contributed by atoms with Crippen LogP contribution in [-0.2, 0) is 9.53 Å². The van der Waals surface area contributed by atoms with Crippen molar-refractivity contribution in [3.63, 3.8) is 0 Å². The van der Waals surface area contributed by atoms with Crippen molar-refractivity contribution in [3.8, 4) is 0 Å². The summed E-state index contributed by atoms with van der Waals surface area (Å²) in [7, 11) is 0. The Morgan fingerprint density at radius 1 is 1.23 bits per heavy atom. The molecule has 1 spiro atoms. The van der Waals surface area contributed by atoms with Gasteiger partial charge in [0.15, 0.2) is 0 Å². The molecule has 0 radical (unpaired) electrons. The van der Waals surface area contributed by atoms with Gasteiger partial charge in [0.05, 0.1) is 18.8 Å². The summed E-state index contributed by atoms with van der Waals surface area (Å²) >= 11 is 0. The first kappa shape index (κ1) is 15.6. The zero-order valence-corrected chi connectivity index (χ0v) is 12.8. The summed E-state index contributed by atoms with van der Waals surface area (Å²) in [5.41, 5.74) is -1.41. The lowest BCUT2D eigenvalue weighted by atomic mass is 9.65. The number of hydrogen-bond acceptors (Lipinski definition) is 4. The molecule has 3 rings (SSSR count). The van der Waals surface area contributed by atoms with E-state index in [0.29, 0.717) is 39.2 Å². The SMILES string of the molecule is O=C(O)N1CCC(O)(CN2CCOCC2=O)C2(CCCC2)C1. The number of likely N-dealkylation sites (tertiary alicyclic amines) is 1. The van der Waals surface area contributed by atoms with Crippen LogP contribution in [0.25, 0.3) is 0 Å². The fourth-order valence-electron chi connectivity index (χ4n) is 4.30. The summed E-state index contributed by atoms with van der Waals surface area (Å²) in [5.74, 6) is -0.0894. The first-order valence-corrected chi connectivity index (χ1v) is 8.02. The molecule has 3 fully saturated rings. The van der Waals surface area contributed by atoms with E-state index in [4.69, 9.17) is 4.74 Å². The van der Waals surface area contributed by atoms with Crippen LogP contribution in [0.5, 0.6) is 0 Å². The minimum Gasteiger partial charge on any atom is -0.465 e.